The third kappa shape index (κ3) is 4.98. The van der Waals surface area contributed by atoms with Crippen molar-refractivity contribution in [2.24, 2.45) is 11.8 Å². The van der Waals surface area contributed by atoms with E-state index in [0.717, 1.165) is 44.1 Å². The van der Waals surface area contributed by atoms with Crippen LogP contribution in [0.2, 0.25) is 0 Å². The molecule has 0 bridgehead atoms. The van der Waals surface area contributed by atoms with Gasteiger partial charge in [0.15, 0.2) is 0 Å². The SMILES string of the molecule is CCOCCCNC1CCC(C)C(C)C1. The zero-order chi connectivity index (χ0) is 11.1. The van der Waals surface area contributed by atoms with E-state index in [9.17, 15) is 0 Å². The molecule has 2 heteroatoms. The maximum Gasteiger partial charge on any atom is 0.0477 e. The molecule has 1 N–H and O–H groups in total. The van der Waals surface area contributed by atoms with Gasteiger partial charge in [0.25, 0.3) is 0 Å². The zero-order valence-corrected chi connectivity index (χ0v) is 10.6. The van der Waals surface area contributed by atoms with Gasteiger partial charge in [-0.15, -0.1) is 0 Å². The number of rotatable bonds is 6. The summed E-state index contributed by atoms with van der Waals surface area (Å²) in [6, 6.07) is 0.762. The fourth-order valence-electron chi connectivity index (χ4n) is 2.36. The zero-order valence-electron chi connectivity index (χ0n) is 10.6. The third-order valence-electron chi connectivity index (χ3n) is 3.70. The smallest absolute Gasteiger partial charge is 0.0477 e. The Morgan fingerprint density at radius 1 is 1.20 bits per heavy atom. The van der Waals surface area contributed by atoms with E-state index in [0.29, 0.717) is 0 Å². The second-order valence-electron chi connectivity index (χ2n) is 4.97. The fourth-order valence-corrected chi connectivity index (χ4v) is 2.36. The standard InChI is InChI=1S/C13H27NO/c1-4-15-9-5-8-14-13-7-6-11(2)12(3)10-13/h11-14H,4-10H2,1-3H3. The molecule has 3 atom stereocenters. The summed E-state index contributed by atoms with van der Waals surface area (Å²) < 4.78 is 5.32. The summed E-state index contributed by atoms with van der Waals surface area (Å²) in [6.07, 6.45) is 5.26. The van der Waals surface area contributed by atoms with E-state index >= 15 is 0 Å². The molecule has 0 aromatic heterocycles. The Hall–Kier alpha value is -0.0800. The van der Waals surface area contributed by atoms with Crippen LogP contribution in [-0.2, 0) is 4.74 Å². The van der Waals surface area contributed by atoms with Crippen LogP contribution < -0.4 is 5.32 Å². The van der Waals surface area contributed by atoms with Crippen LogP contribution in [0.4, 0.5) is 0 Å². The molecule has 0 aromatic rings. The Morgan fingerprint density at radius 2 is 2.00 bits per heavy atom. The molecule has 0 aromatic carbocycles. The van der Waals surface area contributed by atoms with Crippen LogP contribution in [0.3, 0.4) is 0 Å². The highest BCUT2D eigenvalue weighted by atomic mass is 16.5. The van der Waals surface area contributed by atoms with E-state index < -0.39 is 0 Å². The Bertz CT molecular complexity index is 161. The van der Waals surface area contributed by atoms with Gasteiger partial charge in [0.1, 0.15) is 0 Å². The Morgan fingerprint density at radius 3 is 2.67 bits per heavy atom. The first kappa shape index (κ1) is 13.0. The molecule has 0 radical (unpaired) electrons. The van der Waals surface area contributed by atoms with Gasteiger partial charge in [-0.1, -0.05) is 13.8 Å². The molecule has 0 heterocycles. The van der Waals surface area contributed by atoms with Crippen LogP contribution in [0.1, 0.15) is 46.5 Å². The van der Waals surface area contributed by atoms with Crippen LogP contribution >= 0.6 is 0 Å². The van der Waals surface area contributed by atoms with Gasteiger partial charge in [0.2, 0.25) is 0 Å². The summed E-state index contributed by atoms with van der Waals surface area (Å²) in [5, 5.41) is 3.65. The molecule has 1 fully saturated rings. The minimum Gasteiger partial charge on any atom is -0.382 e. The van der Waals surface area contributed by atoms with E-state index in [2.05, 4.69) is 26.1 Å². The summed E-state index contributed by atoms with van der Waals surface area (Å²) >= 11 is 0. The first-order chi connectivity index (χ1) is 7.24. The monoisotopic (exact) mass is 213 g/mol. The first-order valence-corrected chi connectivity index (χ1v) is 6.55. The highest BCUT2D eigenvalue weighted by Gasteiger charge is 2.23. The van der Waals surface area contributed by atoms with Gasteiger partial charge in [0.05, 0.1) is 0 Å². The maximum absolute atomic E-state index is 5.32. The van der Waals surface area contributed by atoms with Crippen molar-refractivity contribution in [2.75, 3.05) is 19.8 Å². The van der Waals surface area contributed by atoms with Crippen molar-refractivity contribution >= 4 is 0 Å². The van der Waals surface area contributed by atoms with Gasteiger partial charge in [-0.3, -0.25) is 0 Å². The number of hydrogen-bond acceptors (Lipinski definition) is 2. The van der Waals surface area contributed by atoms with Crippen LogP contribution in [0.5, 0.6) is 0 Å². The maximum atomic E-state index is 5.32. The molecule has 1 aliphatic rings. The number of hydrogen-bond donors (Lipinski definition) is 1. The lowest BCUT2D eigenvalue weighted by Crippen LogP contribution is -2.36. The van der Waals surface area contributed by atoms with Gasteiger partial charge in [-0.2, -0.15) is 0 Å². The quantitative estimate of drug-likeness (QED) is 0.685. The van der Waals surface area contributed by atoms with Crippen LogP contribution in [0, 0.1) is 11.8 Å². The molecule has 0 spiro atoms. The summed E-state index contributed by atoms with van der Waals surface area (Å²) in [5.74, 6) is 1.81. The molecule has 3 unspecified atom stereocenters. The van der Waals surface area contributed by atoms with Crippen molar-refractivity contribution in [3.05, 3.63) is 0 Å². The lowest BCUT2D eigenvalue weighted by Gasteiger charge is -2.32. The molecule has 15 heavy (non-hydrogen) atoms. The van der Waals surface area contributed by atoms with Crippen LogP contribution in [-0.4, -0.2) is 25.8 Å². The molecule has 0 saturated heterocycles. The van der Waals surface area contributed by atoms with Crippen molar-refractivity contribution in [2.45, 2.75) is 52.5 Å². The van der Waals surface area contributed by atoms with Gasteiger partial charge >= 0.3 is 0 Å². The van der Waals surface area contributed by atoms with Gasteiger partial charge in [0, 0.05) is 19.3 Å². The molecule has 1 aliphatic carbocycles. The molecule has 0 amide bonds. The largest absolute Gasteiger partial charge is 0.382 e. The van der Waals surface area contributed by atoms with E-state index in [1.807, 2.05) is 0 Å². The summed E-state index contributed by atoms with van der Waals surface area (Å²) in [7, 11) is 0. The Balaban J connectivity index is 2.02. The average molecular weight is 213 g/mol. The van der Waals surface area contributed by atoms with Crippen LogP contribution in [0.15, 0.2) is 0 Å². The fraction of sp³-hybridized carbons (Fsp3) is 1.00. The molecule has 2 nitrogen and oxygen atoms in total. The summed E-state index contributed by atoms with van der Waals surface area (Å²) in [5.41, 5.74) is 0. The normalized spacial score (nSPS) is 31.8. The van der Waals surface area contributed by atoms with E-state index in [1.165, 1.54) is 19.3 Å². The number of nitrogens with one attached hydrogen (secondary N) is 1. The summed E-state index contributed by atoms with van der Waals surface area (Å²) in [4.78, 5) is 0. The van der Waals surface area contributed by atoms with Crippen molar-refractivity contribution in [1.82, 2.24) is 5.32 Å². The second kappa shape index (κ2) is 7.24. The van der Waals surface area contributed by atoms with E-state index in [4.69, 9.17) is 4.74 Å². The Kier molecular flexibility index (Phi) is 6.26. The van der Waals surface area contributed by atoms with Gasteiger partial charge in [-0.05, 0) is 51.0 Å². The van der Waals surface area contributed by atoms with Gasteiger partial charge in [-0.25, -0.2) is 0 Å². The second-order valence-corrected chi connectivity index (χ2v) is 4.97. The molecular weight excluding hydrogens is 186 g/mol. The highest BCUT2D eigenvalue weighted by molar-refractivity contribution is 4.79. The lowest BCUT2D eigenvalue weighted by atomic mass is 9.79. The highest BCUT2D eigenvalue weighted by Crippen LogP contribution is 2.29. The van der Waals surface area contributed by atoms with Gasteiger partial charge < -0.3 is 10.1 Å². The number of ether oxygens (including phenoxy) is 1. The van der Waals surface area contributed by atoms with Crippen molar-refractivity contribution in [3.63, 3.8) is 0 Å². The molecule has 1 saturated carbocycles. The molecule has 1 rings (SSSR count). The van der Waals surface area contributed by atoms with Crippen LogP contribution in [0.25, 0.3) is 0 Å². The predicted molar refractivity (Wildman–Crippen MR) is 65.1 cm³/mol. The minimum atomic E-state index is 0.762. The predicted octanol–water partition coefficient (Wildman–Crippen LogP) is 2.83. The van der Waals surface area contributed by atoms with Crippen molar-refractivity contribution in [1.29, 1.82) is 0 Å². The molecule has 0 aliphatic heterocycles. The first-order valence-electron chi connectivity index (χ1n) is 6.55. The minimum absolute atomic E-state index is 0.762. The lowest BCUT2D eigenvalue weighted by molar-refractivity contribution is 0.142. The Labute approximate surface area is 94.8 Å². The third-order valence-corrected chi connectivity index (χ3v) is 3.70. The molecular formula is C13H27NO. The van der Waals surface area contributed by atoms with E-state index in [-0.39, 0.29) is 0 Å². The topological polar surface area (TPSA) is 21.3 Å². The average Bonchev–Trinajstić information content (AvgIpc) is 2.23. The van der Waals surface area contributed by atoms with E-state index in [1.54, 1.807) is 0 Å². The molecule has 90 valence electrons. The van der Waals surface area contributed by atoms with Crippen molar-refractivity contribution < 1.29 is 4.74 Å². The van der Waals surface area contributed by atoms with Crippen molar-refractivity contribution in [3.8, 4) is 0 Å². The summed E-state index contributed by atoms with van der Waals surface area (Å²) in [6.45, 7) is 9.69.